The topological polar surface area (TPSA) is 84.2 Å². The van der Waals surface area contributed by atoms with E-state index in [-0.39, 0.29) is 16.7 Å². The van der Waals surface area contributed by atoms with Crippen LogP contribution in [0.1, 0.15) is 21.0 Å². The fourth-order valence-electron chi connectivity index (χ4n) is 2.77. The molecule has 0 aliphatic rings. The van der Waals surface area contributed by atoms with Crippen molar-refractivity contribution >= 4 is 39.2 Å². The van der Waals surface area contributed by atoms with Crippen molar-refractivity contribution in [2.45, 2.75) is 0 Å². The summed E-state index contributed by atoms with van der Waals surface area (Å²) in [4.78, 5) is 27.7. The number of thiazole rings is 1. The van der Waals surface area contributed by atoms with E-state index in [1.54, 1.807) is 0 Å². The van der Waals surface area contributed by atoms with Crippen LogP contribution in [-0.4, -0.2) is 26.5 Å². The van der Waals surface area contributed by atoms with Crippen LogP contribution in [0.15, 0.2) is 66.0 Å². The number of fused-ring (bicyclic) bond motifs is 1. The average Bonchev–Trinajstić information content (AvgIpc) is 3.27. The SMILES string of the molecule is O=C(O)c1csc(NC(=O)c2cc3ccccc3n2-c2ccccc2)n1. The highest BCUT2D eigenvalue weighted by molar-refractivity contribution is 7.14. The van der Waals surface area contributed by atoms with Gasteiger partial charge in [0.15, 0.2) is 10.8 Å². The summed E-state index contributed by atoms with van der Waals surface area (Å²) in [5, 5.41) is 14.2. The van der Waals surface area contributed by atoms with E-state index >= 15 is 0 Å². The van der Waals surface area contributed by atoms with Crippen LogP contribution in [0, 0.1) is 0 Å². The first-order chi connectivity index (χ1) is 12.6. The highest BCUT2D eigenvalue weighted by atomic mass is 32.1. The lowest BCUT2D eigenvalue weighted by Gasteiger charge is -2.10. The Balaban J connectivity index is 1.78. The summed E-state index contributed by atoms with van der Waals surface area (Å²) in [6.45, 7) is 0. The molecule has 0 atom stereocenters. The van der Waals surface area contributed by atoms with Crippen LogP contribution in [0.25, 0.3) is 16.6 Å². The van der Waals surface area contributed by atoms with Gasteiger partial charge in [0.25, 0.3) is 5.91 Å². The van der Waals surface area contributed by atoms with Gasteiger partial charge in [0.2, 0.25) is 0 Å². The number of carbonyl (C=O) groups excluding carboxylic acids is 1. The van der Waals surface area contributed by atoms with E-state index in [4.69, 9.17) is 5.11 Å². The Hall–Kier alpha value is -3.45. The van der Waals surface area contributed by atoms with Gasteiger partial charge in [0.05, 0.1) is 5.52 Å². The lowest BCUT2D eigenvalue weighted by Crippen LogP contribution is -2.16. The van der Waals surface area contributed by atoms with Crippen LogP contribution in [0.5, 0.6) is 0 Å². The van der Waals surface area contributed by atoms with Crippen LogP contribution in [-0.2, 0) is 0 Å². The highest BCUT2D eigenvalue weighted by Crippen LogP contribution is 2.25. The minimum absolute atomic E-state index is 0.0890. The fraction of sp³-hybridized carbons (Fsp3) is 0. The summed E-state index contributed by atoms with van der Waals surface area (Å²) >= 11 is 1.08. The zero-order chi connectivity index (χ0) is 18.1. The monoisotopic (exact) mass is 363 g/mol. The lowest BCUT2D eigenvalue weighted by atomic mass is 10.2. The maximum Gasteiger partial charge on any atom is 0.355 e. The van der Waals surface area contributed by atoms with Crippen LogP contribution >= 0.6 is 11.3 Å². The van der Waals surface area contributed by atoms with Crippen molar-refractivity contribution in [3.05, 3.63) is 77.4 Å². The maximum absolute atomic E-state index is 12.8. The van der Waals surface area contributed by atoms with Crippen molar-refractivity contribution in [2.24, 2.45) is 0 Å². The first kappa shape index (κ1) is 16.0. The molecule has 6 nitrogen and oxygen atoms in total. The third kappa shape index (κ3) is 2.84. The molecule has 0 radical (unpaired) electrons. The molecule has 0 unspecified atom stereocenters. The number of anilines is 1. The second-order valence-corrected chi connectivity index (χ2v) is 6.41. The minimum Gasteiger partial charge on any atom is -0.476 e. The number of hydrogen-bond donors (Lipinski definition) is 2. The summed E-state index contributed by atoms with van der Waals surface area (Å²) in [6.07, 6.45) is 0. The summed E-state index contributed by atoms with van der Waals surface area (Å²) in [7, 11) is 0. The van der Waals surface area contributed by atoms with E-state index in [1.165, 1.54) is 5.38 Å². The lowest BCUT2D eigenvalue weighted by molar-refractivity contribution is 0.0691. The van der Waals surface area contributed by atoms with Crippen molar-refractivity contribution in [3.8, 4) is 5.69 Å². The molecule has 26 heavy (non-hydrogen) atoms. The zero-order valence-corrected chi connectivity index (χ0v) is 14.2. The van der Waals surface area contributed by atoms with Crippen LogP contribution in [0.2, 0.25) is 0 Å². The van der Waals surface area contributed by atoms with E-state index in [1.807, 2.05) is 65.2 Å². The molecule has 128 valence electrons. The molecule has 2 N–H and O–H groups in total. The van der Waals surface area contributed by atoms with Crippen LogP contribution < -0.4 is 5.32 Å². The van der Waals surface area contributed by atoms with Crippen LogP contribution in [0.4, 0.5) is 5.13 Å². The number of hydrogen-bond acceptors (Lipinski definition) is 4. The maximum atomic E-state index is 12.8. The second-order valence-electron chi connectivity index (χ2n) is 5.56. The smallest absolute Gasteiger partial charge is 0.355 e. The number of benzene rings is 2. The van der Waals surface area contributed by atoms with Gasteiger partial charge in [-0.3, -0.25) is 10.1 Å². The quantitative estimate of drug-likeness (QED) is 0.573. The van der Waals surface area contributed by atoms with E-state index < -0.39 is 5.97 Å². The molecule has 0 saturated carbocycles. The summed E-state index contributed by atoms with van der Waals surface area (Å²) < 4.78 is 1.87. The Bertz CT molecular complexity index is 1120. The highest BCUT2D eigenvalue weighted by Gasteiger charge is 2.18. The first-order valence-electron chi connectivity index (χ1n) is 7.79. The molecular formula is C19H13N3O3S. The van der Waals surface area contributed by atoms with Gasteiger partial charge < -0.3 is 9.67 Å². The molecule has 0 bridgehead atoms. The number of para-hydroxylation sites is 2. The second kappa shape index (κ2) is 6.45. The van der Waals surface area contributed by atoms with Crippen molar-refractivity contribution < 1.29 is 14.7 Å². The number of carboxylic acid groups (broad SMARTS) is 1. The third-order valence-electron chi connectivity index (χ3n) is 3.90. The van der Waals surface area contributed by atoms with Gasteiger partial charge in [-0.25, -0.2) is 9.78 Å². The van der Waals surface area contributed by atoms with E-state index in [0.717, 1.165) is 27.9 Å². The van der Waals surface area contributed by atoms with E-state index in [0.29, 0.717) is 5.69 Å². The number of nitrogens with one attached hydrogen (secondary N) is 1. The molecule has 4 rings (SSSR count). The average molecular weight is 363 g/mol. The predicted octanol–water partition coefficient (Wildman–Crippen LogP) is 4.04. The van der Waals surface area contributed by atoms with Gasteiger partial charge in [-0.2, -0.15) is 0 Å². The molecule has 7 heteroatoms. The zero-order valence-electron chi connectivity index (χ0n) is 13.4. The van der Waals surface area contributed by atoms with Gasteiger partial charge >= 0.3 is 5.97 Å². The third-order valence-corrected chi connectivity index (χ3v) is 4.66. The van der Waals surface area contributed by atoms with Crippen LogP contribution in [0.3, 0.4) is 0 Å². The summed E-state index contributed by atoms with van der Waals surface area (Å²) in [5.41, 5.74) is 2.14. The molecule has 0 fully saturated rings. The van der Waals surface area contributed by atoms with Crippen molar-refractivity contribution in [3.63, 3.8) is 0 Å². The van der Waals surface area contributed by atoms with E-state index in [2.05, 4.69) is 10.3 Å². The van der Waals surface area contributed by atoms with Crippen molar-refractivity contribution in [1.82, 2.24) is 9.55 Å². The molecule has 2 heterocycles. The van der Waals surface area contributed by atoms with Crippen molar-refractivity contribution in [2.75, 3.05) is 5.32 Å². The summed E-state index contributed by atoms with van der Waals surface area (Å²) in [6, 6.07) is 19.1. The number of amides is 1. The van der Waals surface area contributed by atoms with Gasteiger partial charge in [0, 0.05) is 16.5 Å². The summed E-state index contributed by atoms with van der Waals surface area (Å²) in [5.74, 6) is -1.48. The number of aromatic nitrogens is 2. The largest absolute Gasteiger partial charge is 0.476 e. The first-order valence-corrected chi connectivity index (χ1v) is 8.67. The Morgan fingerprint density at radius 2 is 1.77 bits per heavy atom. The molecule has 4 aromatic rings. The minimum atomic E-state index is -1.12. The molecule has 2 aromatic heterocycles. The predicted molar refractivity (Wildman–Crippen MR) is 100 cm³/mol. The van der Waals surface area contributed by atoms with Gasteiger partial charge in [-0.05, 0) is 24.3 Å². The molecule has 0 saturated heterocycles. The molecule has 0 spiro atoms. The number of carbonyl (C=O) groups is 2. The Morgan fingerprint density at radius 1 is 1.04 bits per heavy atom. The number of nitrogens with zero attached hydrogens (tertiary/aromatic N) is 2. The molecular weight excluding hydrogens is 350 g/mol. The Morgan fingerprint density at radius 3 is 2.50 bits per heavy atom. The number of rotatable bonds is 4. The number of carboxylic acids is 1. The Labute approximate surface area is 152 Å². The van der Waals surface area contributed by atoms with Crippen molar-refractivity contribution in [1.29, 1.82) is 0 Å². The van der Waals surface area contributed by atoms with Gasteiger partial charge in [-0.1, -0.05) is 36.4 Å². The Kier molecular flexibility index (Phi) is 3.98. The van der Waals surface area contributed by atoms with E-state index in [9.17, 15) is 9.59 Å². The van der Waals surface area contributed by atoms with Gasteiger partial charge in [0.1, 0.15) is 5.69 Å². The number of aromatic carboxylic acids is 1. The molecule has 1 amide bonds. The molecule has 2 aromatic carbocycles. The van der Waals surface area contributed by atoms with Gasteiger partial charge in [-0.15, -0.1) is 11.3 Å². The normalized spacial score (nSPS) is 10.8. The fourth-order valence-corrected chi connectivity index (χ4v) is 3.45. The molecule has 0 aliphatic carbocycles. The standard InChI is InChI=1S/C19H13N3O3S/c23-17(21-19-20-14(11-26-19)18(24)25)16-10-12-6-4-5-9-15(12)22(16)13-7-2-1-3-8-13/h1-11H,(H,24,25)(H,20,21,23). The molecule has 0 aliphatic heterocycles.